The van der Waals surface area contributed by atoms with Crippen molar-refractivity contribution in [2.24, 2.45) is 11.5 Å². The van der Waals surface area contributed by atoms with E-state index in [0.29, 0.717) is 11.3 Å². The van der Waals surface area contributed by atoms with Gasteiger partial charge in [0, 0.05) is 11.3 Å². The zero-order valence-corrected chi connectivity index (χ0v) is 5.89. The molecule has 0 bridgehead atoms. The molecule has 0 aromatic carbocycles. The zero-order chi connectivity index (χ0) is 7.56. The average Bonchev–Trinajstić information content (AvgIpc) is 1.88. The van der Waals surface area contributed by atoms with Crippen LogP contribution >= 0.6 is 0 Å². The van der Waals surface area contributed by atoms with Gasteiger partial charge in [-0.3, -0.25) is 4.79 Å². The molecule has 0 saturated heterocycles. The Kier molecular flexibility index (Phi) is 1.94. The van der Waals surface area contributed by atoms with Crippen molar-refractivity contribution in [3.05, 3.63) is 11.3 Å². The third kappa shape index (κ3) is 1.29. The molecule has 0 aromatic heterocycles. The molecule has 3 nitrogen and oxygen atoms in total. The van der Waals surface area contributed by atoms with Gasteiger partial charge in [-0.05, 0) is 25.7 Å². The highest BCUT2D eigenvalue weighted by Gasteiger charge is 2.13. The smallest absolute Gasteiger partial charge is 0.246 e. The minimum absolute atomic E-state index is 0.350. The molecule has 10 heavy (non-hydrogen) atoms. The molecule has 1 amide bonds. The second kappa shape index (κ2) is 2.73. The Bertz CT molecular complexity index is 184. The van der Waals surface area contributed by atoms with Crippen molar-refractivity contribution in [1.29, 1.82) is 0 Å². The van der Waals surface area contributed by atoms with Gasteiger partial charge < -0.3 is 11.5 Å². The fraction of sp³-hybridized carbons (Fsp3) is 0.571. The van der Waals surface area contributed by atoms with Crippen molar-refractivity contribution in [1.82, 2.24) is 0 Å². The van der Waals surface area contributed by atoms with Crippen molar-refractivity contribution < 1.29 is 4.79 Å². The molecule has 0 fully saturated rings. The Morgan fingerprint density at radius 3 is 2.30 bits per heavy atom. The lowest BCUT2D eigenvalue weighted by atomic mass is 9.96. The Balaban J connectivity index is 2.78. The fourth-order valence-corrected chi connectivity index (χ4v) is 1.21. The average molecular weight is 140 g/mol. The van der Waals surface area contributed by atoms with Crippen LogP contribution in [0.15, 0.2) is 11.3 Å². The normalized spacial score (nSPS) is 19.2. The van der Waals surface area contributed by atoms with Gasteiger partial charge in [-0.2, -0.15) is 0 Å². The lowest BCUT2D eigenvalue weighted by molar-refractivity contribution is -0.114. The maximum absolute atomic E-state index is 10.6. The molecule has 0 unspecified atom stereocenters. The Morgan fingerprint density at radius 1 is 1.30 bits per heavy atom. The minimum atomic E-state index is -0.350. The molecular formula is C7H12N2O. The molecule has 0 atom stereocenters. The third-order valence-electron chi connectivity index (χ3n) is 1.81. The lowest BCUT2D eigenvalue weighted by Crippen LogP contribution is -2.21. The number of carbonyl (C=O) groups excluding carboxylic acids is 1. The summed E-state index contributed by atoms with van der Waals surface area (Å²) < 4.78 is 0. The van der Waals surface area contributed by atoms with Gasteiger partial charge in [0.25, 0.3) is 0 Å². The largest absolute Gasteiger partial charge is 0.402 e. The van der Waals surface area contributed by atoms with Gasteiger partial charge in [-0.15, -0.1) is 0 Å². The summed E-state index contributed by atoms with van der Waals surface area (Å²) in [7, 11) is 0. The van der Waals surface area contributed by atoms with Gasteiger partial charge in [0.15, 0.2) is 0 Å². The minimum Gasteiger partial charge on any atom is -0.402 e. The van der Waals surface area contributed by atoms with Crippen molar-refractivity contribution in [3.8, 4) is 0 Å². The van der Waals surface area contributed by atoms with Crippen LogP contribution in [-0.4, -0.2) is 5.91 Å². The molecule has 0 aromatic rings. The van der Waals surface area contributed by atoms with Crippen LogP contribution in [0.4, 0.5) is 0 Å². The van der Waals surface area contributed by atoms with Crippen molar-refractivity contribution in [2.45, 2.75) is 25.7 Å². The first-order valence-electron chi connectivity index (χ1n) is 3.49. The zero-order valence-electron chi connectivity index (χ0n) is 5.89. The lowest BCUT2D eigenvalue weighted by Gasteiger charge is -2.13. The van der Waals surface area contributed by atoms with Crippen LogP contribution < -0.4 is 11.5 Å². The van der Waals surface area contributed by atoms with Crippen LogP contribution in [0.5, 0.6) is 0 Å². The maximum Gasteiger partial charge on any atom is 0.246 e. The van der Waals surface area contributed by atoms with E-state index in [1.54, 1.807) is 0 Å². The van der Waals surface area contributed by atoms with E-state index in [1.165, 1.54) is 0 Å². The summed E-state index contributed by atoms with van der Waals surface area (Å²) in [4.78, 5) is 10.6. The number of amides is 1. The number of hydrogen-bond donors (Lipinski definition) is 2. The van der Waals surface area contributed by atoms with Crippen molar-refractivity contribution >= 4 is 5.91 Å². The van der Waals surface area contributed by atoms with E-state index >= 15 is 0 Å². The third-order valence-corrected chi connectivity index (χ3v) is 1.81. The first-order valence-corrected chi connectivity index (χ1v) is 3.49. The van der Waals surface area contributed by atoms with E-state index in [2.05, 4.69) is 0 Å². The van der Waals surface area contributed by atoms with E-state index in [9.17, 15) is 4.79 Å². The van der Waals surface area contributed by atoms with Crippen LogP contribution in [0.3, 0.4) is 0 Å². The van der Waals surface area contributed by atoms with Crippen LogP contribution in [0, 0.1) is 0 Å². The summed E-state index contributed by atoms with van der Waals surface area (Å²) in [6, 6.07) is 0. The Morgan fingerprint density at radius 2 is 1.90 bits per heavy atom. The predicted molar refractivity (Wildman–Crippen MR) is 38.9 cm³/mol. The number of carbonyl (C=O) groups is 1. The highest BCUT2D eigenvalue weighted by molar-refractivity contribution is 5.92. The fourth-order valence-electron chi connectivity index (χ4n) is 1.21. The first kappa shape index (κ1) is 7.12. The topological polar surface area (TPSA) is 69.1 Å². The number of hydrogen-bond acceptors (Lipinski definition) is 2. The Labute approximate surface area is 60.1 Å². The van der Waals surface area contributed by atoms with Gasteiger partial charge in [-0.1, -0.05) is 0 Å². The molecule has 0 heterocycles. The molecule has 0 radical (unpaired) electrons. The predicted octanol–water partition coefficient (Wildman–Crippen LogP) is 0.258. The summed E-state index contributed by atoms with van der Waals surface area (Å²) in [6.07, 6.45) is 3.72. The molecule has 0 saturated carbocycles. The summed E-state index contributed by atoms with van der Waals surface area (Å²) in [5.74, 6) is -0.350. The van der Waals surface area contributed by atoms with Gasteiger partial charge in [0.05, 0.1) is 0 Å². The van der Waals surface area contributed by atoms with Crippen molar-refractivity contribution in [2.75, 3.05) is 0 Å². The molecule has 0 spiro atoms. The van der Waals surface area contributed by atoms with Crippen LogP contribution in [-0.2, 0) is 4.79 Å². The number of rotatable bonds is 1. The molecule has 4 N–H and O–H groups in total. The summed E-state index contributed by atoms with van der Waals surface area (Å²) >= 11 is 0. The quantitative estimate of drug-likeness (QED) is 0.548. The molecular weight excluding hydrogens is 128 g/mol. The second-order valence-corrected chi connectivity index (χ2v) is 2.58. The second-order valence-electron chi connectivity index (χ2n) is 2.58. The van der Waals surface area contributed by atoms with E-state index in [4.69, 9.17) is 11.5 Å². The molecule has 1 rings (SSSR count). The molecule has 1 aliphatic rings. The molecule has 56 valence electrons. The first-order chi connectivity index (χ1) is 4.72. The van der Waals surface area contributed by atoms with Gasteiger partial charge in [0.2, 0.25) is 5.91 Å². The van der Waals surface area contributed by atoms with E-state index in [0.717, 1.165) is 25.7 Å². The van der Waals surface area contributed by atoms with Crippen LogP contribution in [0.1, 0.15) is 25.7 Å². The Hall–Kier alpha value is -0.990. The van der Waals surface area contributed by atoms with E-state index < -0.39 is 0 Å². The van der Waals surface area contributed by atoms with Crippen LogP contribution in [0.2, 0.25) is 0 Å². The summed E-state index contributed by atoms with van der Waals surface area (Å²) in [5.41, 5.74) is 12.0. The van der Waals surface area contributed by atoms with Gasteiger partial charge >= 0.3 is 0 Å². The van der Waals surface area contributed by atoms with Gasteiger partial charge in [-0.25, -0.2) is 0 Å². The van der Waals surface area contributed by atoms with Gasteiger partial charge in [0.1, 0.15) is 0 Å². The monoisotopic (exact) mass is 140 g/mol. The molecule has 0 aliphatic heterocycles. The number of nitrogens with two attached hydrogens (primary N) is 2. The maximum atomic E-state index is 10.6. The summed E-state index contributed by atoms with van der Waals surface area (Å²) in [6.45, 7) is 0. The highest BCUT2D eigenvalue weighted by atomic mass is 16.1. The van der Waals surface area contributed by atoms with Crippen molar-refractivity contribution in [3.63, 3.8) is 0 Å². The number of primary amides is 1. The SMILES string of the molecule is NC(=O)C1=C(N)CCCC1. The molecule has 1 aliphatic carbocycles. The highest BCUT2D eigenvalue weighted by Crippen LogP contribution is 2.20. The van der Waals surface area contributed by atoms with E-state index in [1.807, 2.05) is 0 Å². The number of allylic oxidation sites excluding steroid dienone is 1. The van der Waals surface area contributed by atoms with Crippen LogP contribution in [0.25, 0.3) is 0 Å². The standard InChI is InChI=1S/C7H12N2O/c8-6-4-2-1-3-5(6)7(9)10/h1-4,8H2,(H2,9,10). The summed E-state index contributed by atoms with van der Waals surface area (Å²) in [5, 5.41) is 0. The molecule has 3 heteroatoms. The van der Waals surface area contributed by atoms with E-state index in [-0.39, 0.29) is 5.91 Å².